The van der Waals surface area contributed by atoms with E-state index in [0.717, 1.165) is 28.2 Å². The van der Waals surface area contributed by atoms with Gasteiger partial charge in [0.2, 0.25) is 5.43 Å². The molecular formula is C24H20N2O4. The van der Waals surface area contributed by atoms with Crippen LogP contribution in [0.15, 0.2) is 76.4 Å². The first kappa shape index (κ1) is 18.4. The predicted molar refractivity (Wildman–Crippen MR) is 113 cm³/mol. The van der Waals surface area contributed by atoms with E-state index < -0.39 is 0 Å². The number of benzene rings is 2. The van der Waals surface area contributed by atoms with E-state index in [2.05, 4.69) is 9.88 Å². The molecule has 4 aromatic rings. The Morgan fingerprint density at radius 2 is 2.00 bits per heavy atom. The van der Waals surface area contributed by atoms with Crippen molar-refractivity contribution in [1.29, 1.82) is 0 Å². The smallest absolute Gasteiger partial charge is 0.200 e. The molecule has 0 saturated carbocycles. The molecule has 3 heterocycles. The molecule has 2 aromatic heterocycles. The van der Waals surface area contributed by atoms with Gasteiger partial charge in [0, 0.05) is 25.5 Å². The van der Waals surface area contributed by atoms with Gasteiger partial charge in [-0.3, -0.25) is 14.7 Å². The van der Waals surface area contributed by atoms with Crippen molar-refractivity contribution in [2.45, 2.75) is 13.1 Å². The van der Waals surface area contributed by atoms with E-state index in [4.69, 9.17) is 13.9 Å². The molecule has 0 unspecified atom stereocenters. The SMILES string of the molecule is COc1ccc(-c2coc3c4c(ccc3c2=O)OCN(Cc2cccnc2)C4)cc1. The molecule has 0 radical (unpaired) electrons. The first-order valence-corrected chi connectivity index (χ1v) is 9.69. The van der Waals surface area contributed by atoms with E-state index in [1.165, 1.54) is 6.26 Å². The van der Waals surface area contributed by atoms with Crippen LogP contribution >= 0.6 is 0 Å². The monoisotopic (exact) mass is 400 g/mol. The van der Waals surface area contributed by atoms with Crippen LogP contribution in [-0.2, 0) is 13.1 Å². The van der Waals surface area contributed by atoms with Gasteiger partial charge in [-0.1, -0.05) is 18.2 Å². The normalized spacial score (nSPS) is 13.6. The van der Waals surface area contributed by atoms with Crippen molar-refractivity contribution >= 4 is 11.0 Å². The van der Waals surface area contributed by atoms with Crippen molar-refractivity contribution in [3.63, 3.8) is 0 Å². The van der Waals surface area contributed by atoms with Gasteiger partial charge in [0.25, 0.3) is 0 Å². The molecule has 30 heavy (non-hydrogen) atoms. The molecule has 150 valence electrons. The Hall–Kier alpha value is -3.64. The highest BCUT2D eigenvalue weighted by Gasteiger charge is 2.23. The average Bonchev–Trinajstić information content (AvgIpc) is 2.80. The summed E-state index contributed by atoms with van der Waals surface area (Å²) < 4.78 is 17.1. The zero-order valence-corrected chi connectivity index (χ0v) is 16.5. The Kier molecular flexibility index (Phi) is 4.69. The van der Waals surface area contributed by atoms with Crippen LogP contribution in [0.25, 0.3) is 22.1 Å². The van der Waals surface area contributed by atoms with Gasteiger partial charge in [-0.05, 0) is 41.5 Å². The molecule has 0 saturated heterocycles. The number of nitrogens with zero attached hydrogens (tertiary/aromatic N) is 2. The number of aromatic nitrogens is 1. The van der Waals surface area contributed by atoms with Crippen LogP contribution in [0, 0.1) is 0 Å². The highest BCUT2D eigenvalue weighted by molar-refractivity contribution is 5.85. The molecule has 6 nitrogen and oxygen atoms in total. The molecule has 5 rings (SSSR count). The molecule has 2 aromatic carbocycles. The minimum absolute atomic E-state index is 0.0615. The van der Waals surface area contributed by atoms with Gasteiger partial charge in [-0.15, -0.1) is 0 Å². The zero-order valence-electron chi connectivity index (χ0n) is 16.5. The molecule has 0 N–H and O–H groups in total. The maximum absolute atomic E-state index is 13.2. The molecule has 0 spiro atoms. The topological polar surface area (TPSA) is 64.8 Å². The highest BCUT2D eigenvalue weighted by Crippen LogP contribution is 2.33. The molecule has 0 aliphatic carbocycles. The lowest BCUT2D eigenvalue weighted by atomic mass is 10.0. The molecule has 0 bridgehead atoms. The minimum atomic E-state index is -0.0615. The number of fused-ring (bicyclic) bond motifs is 3. The number of methoxy groups -OCH3 is 1. The first-order chi connectivity index (χ1) is 14.7. The Labute approximate surface area is 173 Å². The van der Waals surface area contributed by atoms with E-state index in [9.17, 15) is 4.79 Å². The highest BCUT2D eigenvalue weighted by atomic mass is 16.5. The van der Waals surface area contributed by atoms with Gasteiger partial charge in [-0.25, -0.2) is 0 Å². The third-order valence-electron chi connectivity index (χ3n) is 5.32. The summed E-state index contributed by atoms with van der Waals surface area (Å²) in [5, 5.41) is 0.550. The van der Waals surface area contributed by atoms with Crippen molar-refractivity contribution in [3.8, 4) is 22.6 Å². The summed E-state index contributed by atoms with van der Waals surface area (Å²) >= 11 is 0. The van der Waals surface area contributed by atoms with E-state index in [1.54, 1.807) is 19.4 Å². The molecule has 1 aliphatic heterocycles. The van der Waals surface area contributed by atoms with Gasteiger partial charge < -0.3 is 13.9 Å². The quantitative estimate of drug-likeness (QED) is 0.511. The molecule has 6 heteroatoms. The van der Waals surface area contributed by atoms with Crippen molar-refractivity contribution in [2.24, 2.45) is 0 Å². The van der Waals surface area contributed by atoms with Crippen LogP contribution < -0.4 is 14.9 Å². The minimum Gasteiger partial charge on any atom is -0.497 e. The number of hydrogen-bond acceptors (Lipinski definition) is 6. The Balaban J connectivity index is 1.51. The Bertz CT molecular complexity index is 1250. The number of pyridine rings is 1. The lowest BCUT2D eigenvalue weighted by Gasteiger charge is -2.29. The van der Waals surface area contributed by atoms with Crippen LogP contribution in [0.5, 0.6) is 11.5 Å². The Morgan fingerprint density at radius 1 is 1.13 bits per heavy atom. The maximum Gasteiger partial charge on any atom is 0.200 e. The molecule has 1 aliphatic rings. The van der Waals surface area contributed by atoms with Gasteiger partial charge in [-0.2, -0.15) is 0 Å². The van der Waals surface area contributed by atoms with E-state index >= 15 is 0 Å². The second-order valence-corrected chi connectivity index (χ2v) is 7.25. The summed E-state index contributed by atoms with van der Waals surface area (Å²) in [5.74, 6) is 1.49. The van der Waals surface area contributed by atoms with E-state index in [0.29, 0.717) is 36.4 Å². The van der Waals surface area contributed by atoms with Crippen LogP contribution in [-0.4, -0.2) is 23.7 Å². The van der Waals surface area contributed by atoms with Crippen LogP contribution in [0.3, 0.4) is 0 Å². The lowest BCUT2D eigenvalue weighted by molar-refractivity contribution is 0.0889. The van der Waals surface area contributed by atoms with Crippen molar-refractivity contribution in [3.05, 3.63) is 88.5 Å². The van der Waals surface area contributed by atoms with E-state index in [-0.39, 0.29) is 5.43 Å². The molecule has 0 fully saturated rings. The number of rotatable bonds is 4. The van der Waals surface area contributed by atoms with Crippen LogP contribution in [0.1, 0.15) is 11.1 Å². The summed E-state index contributed by atoms with van der Waals surface area (Å²) in [4.78, 5) is 19.5. The van der Waals surface area contributed by atoms with Gasteiger partial charge in [0.1, 0.15) is 30.1 Å². The predicted octanol–water partition coefficient (Wildman–Crippen LogP) is 4.22. The number of ether oxygens (including phenoxy) is 2. The van der Waals surface area contributed by atoms with E-state index in [1.807, 2.05) is 48.7 Å². The maximum atomic E-state index is 13.2. The second kappa shape index (κ2) is 7.65. The van der Waals surface area contributed by atoms with Crippen LogP contribution in [0.2, 0.25) is 0 Å². The van der Waals surface area contributed by atoms with Gasteiger partial charge in [0.15, 0.2) is 0 Å². The second-order valence-electron chi connectivity index (χ2n) is 7.25. The number of hydrogen-bond donors (Lipinski definition) is 0. The third kappa shape index (κ3) is 3.31. The summed E-state index contributed by atoms with van der Waals surface area (Å²) in [6.07, 6.45) is 5.14. The summed E-state index contributed by atoms with van der Waals surface area (Å²) in [7, 11) is 1.61. The van der Waals surface area contributed by atoms with Gasteiger partial charge in [0.05, 0.1) is 23.6 Å². The third-order valence-corrected chi connectivity index (χ3v) is 5.32. The standard InChI is InChI=1S/C24H20N2O4/c1-28-18-6-4-17(5-7-18)21-14-29-24-19(23(21)27)8-9-22-20(24)13-26(15-30-22)12-16-3-2-10-25-11-16/h2-11,14H,12-13,15H2,1H3. The average molecular weight is 400 g/mol. The summed E-state index contributed by atoms with van der Waals surface area (Å²) in [5.41, 5.74) is 3.82. The van der Waals surface area contributed by atoms with Crippen molar-refractivity contribution < 1.29 is 13.9 Å². The van der Waals surface area contributed by atoms with Crippen molar-refractivity contribution in [2.75, 3.05) is 13.8 Å². The lowest BCUT2D eigenvalue weighted by Crippen LogP contribution is -2.31. The zero-order chi connectivity index (χ0) is 20.5. The molecule has 0 amide bonds. The summed E-state index contributed by atoms with van der Waals surface area (Å²) in [6.45, 7) is 1.81. The first-order valence-electron chi connectivity index (χ1n) is 9.69. The molecular weight excluding hydrogens is 380 g/mol. The van der Waals surface area contributed by atoms with Crippen LogP contribution in [0.4, 0.5) is 0 Å². The molecule has 0 atom stereocenters. The fraction of sp³-hybridized carbons (Fsp3) is 0.167. The van der Waals surface area contributed by atoms with Gasteiger partial charge >= 0.3 is 0 Å². The fourth-order valence-corrected chi connectivity index (χ4v) is 3.78. The van der Waals surface area contributed by atoms with Crippen molar-refractivity contribution in [1.82, 2.24) is 9.88 Å². The summed E-state index contributed by atoms with van der Waals surface area (Å²) in [6, 6.07) is 15.0. The Morgan fingerprint density at radius 3 is 2.77 bits per heavy atom. The largest absolute Gasteiger partial charge is 0.497 e. The fourth-order valence-electron chi connectivity index (χ4n) is 3.78.